The van der Waals surface area contributed by atoms with Crippen LogP contribution in [0.2, 0.25) is 9.36 Å². The first-order chi connectivity index (χ1) is 17.5. The van der Waals surface area contributed by atoms with E-state index in [1.165, 1.54) is 12.5 Å². The van der Waals surface area contributed by atoms with Crippen LogP contribution in [0.15, 0.2) is 42.9 Å². The van der Waals surface area contributed by atoms with E-state index in [0.29, 0.717) is 38.2 Å². The van der Waals surface area contributed by atoms with Crippen LogP contribution >= 0.6 is 34.5 Å². The first-order valence-corrected chi connectivity index (χ1v) is 14.2. The van der Waals surface area contributed by atoms with Gasteiger partial charge in [-0.15, -0.1) is 11.3 Å². The van der Waals surface area contributed by atoms with Crippen LogP contribution < -0.4 is 10.5 Å². The third kappa shape index (κ3) is 7.24. The molecule has 2 heterocycles. The molecule has 1 aliphatic rings. The van der Waals surface area contributed by atoms with Gasteiger partial charge in [0.1, 0.15) is 12.1 Å². The molecule has 1 aliphatic carbocycles. The van der Waals surface area contributed by atoms with Crippen molar-refractivity contribution in [2.24, 2.45) is 11.1 Å². The number of hydrogen-bond donors (Lipinski definition) is 4. The van der Waals surface area contributed by atoms with Gasteiger partial charge in [0.15, 0.2) is 0 Å². The lowest BCUT2D eigenvalue weighted by atomic mass is 10.0. The second kappa shape index (κ2) is 11.7. The lowest BCUT2D eigenvalue weighted by Crippen LogP contribution is -2.24. The molecule has 4 atom stereocenters. The molecule has 5 N–H and O–H groups in total. The molecule has 0 spiro atoms. The van der Waals surface area contributed by atoms with Crippen LogP contribution in [0.25, 0.3) is 0 Å². The van der Waals surface area contributed by atoms with Crippen LogP contribution in [0.4, 0.5) is 5.82 Å². The number of nitrogens with one attached hydrogen (secondary N) is 1. The summed E-state index contributed by atoms with van der Waals surface area (Å²) in [5.41, 5.74) is 1.46. The molecule has 2 aromatic heterocycles. The Hall–Kier alpha value is -2.16. The molecule has 0 saturated heterocycles. The molecule has 37 heavy (non-hydrogen) atoms. The normalized spacial score (nSPS) is 20.6. The highest BCUT2D eigenvalue weighted by Gasteiger charge is 2.35. The average molecular weight is 588 g/mol. The number of thiophene rings is 1. The maximum Gasteiger partial charge on any atom is 0.333 e. The summed E-state index contributed by atoms with van der Waals surface area (Å²) in [4.78, 5) is 21.9. The van der Waals surface area contributed by atoms with Gasteiger partial charge in [-0.2, -0.15) is 8.42 Å². The Morgan fingerprint density at radius 1 is 1.30 bits per heavy atom. The Kier molecular flexibility index (Phi) is 8.81. The molecule has 198 valence electrons. The number of ketones is 1. The zero-order valence-corrected chi connectivity index (χ0v) is 22.4. The van der Waals surface area contributed by atoms with Gasteiger partial charge in [0, 0.05) is 29.6 Å². The summed E-state index contributed by atoms with van der Waals surface area (Å²) in [5, 5.41) is 29.4. The molecule has 1 aromatic carbocycles. The minimum absolute atomic E-state index is 0.196. The van der Waals surface area contributed by atoms with E-state index in [-0.39, 0.29) is 36.2 Å². The second-order valence-corrected chi connectivity index (χ2v) is 12.0. The quantitative estimate of drug-likeness (QED) is 0.261. The van der Waals surface area contributed by atoms with E-state index in [1.54, 1.807) is 30.3 Å². The highest BCUT2D eigenvalue weighted by Crippen LogP contribution is 2.34. The zero-order chi connectivity index (χ0) is 26.7. The molecule has 1 unspecified atom stereocenters. The molecule has 4 rings (SSSR count). The van der Waals surface area contributed by atoms with Gasteiger partial charge in [-0.3, -0.25) is 8.98 Å². The number of aliphatic hydroxyl groups is 2. The van der Waals surface area contributed by atoms with Crippen LogP contribution in [-0.4, -0.2) is 53.1 Å². The van der Waals surface area contributed by atoms with Crippen molar-refractivity contribution in [2.45, 2.75) is 37.5 Å². The summed E-state index contributed by atoms with van der Waals surface area (Å²) in [6.45, 7) is -0.245. The smallest absolute Gasteiger partial charge is 0.333 e. The van der Waals surface area contributed by atoms with Crippen LogP contribution in [0.1, 0.15) is 45.3 Å². The number of hydrogen-bond acceptors (Lipinski definition) is 10. The van der Waals surface area contributed by atoms with Crippen molar-refractivity contribution in [3.8, 4) is 0 Å². The third-order valence-electron chi connectivity index (χ3n) is 6.03. The van der Waals surface area contributed by atoms with Crippen molar-refractivity contribution in [1.29, 1.82) is 0 Å². The van der Waals surface area contributed by atoms with E-state index in [2.05, 4.69) is 19.5 Å². The van der Waals surface area contributed by atoms with Gasteiger partial charge < -0.3 is 15.5 Å². The van der Waals surface area contributed by atoms with E-state index >= 15 is 0 Å². The summed E-state index contributed by atoms with van der Waals surface area (Å²) >= 11 is 13.5. The minimum Gasteiger partial charge on any atom is -0.393 e. The molecule has 1 saturated carbocycles. The highest BCUT2D eigenvalue weighted by atomic mass is 35.5. The SMILES string of the molecule is NS(=O)(=O)OC[C@H]1C[C@@H](Nc2ncncc2C(=O)c2cc(CC(O)c3cccc(Cl)c3)c(Cl)s2)C[C@@H]1O. The van der Waals surface area contributed by atoms with E-state index in [9.17, 15) is 23.4 Å². The fourth-order valence-electron chi connectivity index (χ4n) is 4.22. The highest BCUT2D eigenvalue weighted by molar-refractivity contribution is 7.84. The molecule has 0 amide bonds. The largest absolute Gasteiger partial charge is 0.393 e. The van der Waals surface area contributed by atoms with Gasteiger partial charge in [0.05, 0.1) is 33.6 Å². The Morgan fingerprint density at radius 2 is 2.08 bits per heavy atom. The summed E-state index contributed by atoms with van der Waals surface area (Å²) < 4.78 is 27.1. The molecular weight excluding hydrogens is 563 g/mol. The number of benzene rings is 1. The Balaban J connectivity index is 1.46. The molecule has 0 aliphatic heterocycles. The number of aromatic nitrogens is 2. The fraction of sp³-hybridized carbons (Fsp3) is 0.348. The van der Waals surface area contributed by atoms with E-state index < -0.39 is 28.4 Å². The fourth-order valence-corrected chi connectivity index (χ4v) is 6.03. The van der Waals surface area contributed by atoms with E-state index in [1.807, 2.05) is 0 Å². The molecular formula is C23H24Cl2N4O6S2. The van der Waals surface area contributed by atoms with Crippen LogP contribution in [0.3, 0.4) is 0 Å². The van der Waals surface area contributed by atoms with Crippen molar-refractivity contribution >= 4 is 56.4 Å². The number of carbonyl (C=O) groups is 1. The second-order valence-electron chi connectivity index (χ2n) is 8.72. The number of nitrogens with zero attached hydrogens (tertiary/aromatic N) is 2. The van der Waals surface area contributed by atoms with E-state index in [4.69, 9.17) is 28.3 Å². The maximum atomic E-state index is 13.4. The minimum atomic E-state index is -4.12. The Labute approximate surface area is 227 Å². The molecule has 10 nitrogen and oxygen atoms in total. The Bertz CT molecular complexity index is 1390. The van der Waals surface area contributed by atoms with Crippen molar-refractivity contribution in [1.82, 2.24) is 9.97 Å². The zero-order valence-electron chi connectivity index (χ0n) is 19.3. The third-order valence-corrected chi connectivity index (χ3v) is 8.17. The number of halogens is 2. The van der Waals surface area contributed by atoms with Gasteiger partial charge in [0.25, 0.3) is 0 Å². The summed E-state index contributed by atoms with van der Waals surface area (Å²) in [6, 6.07) is 8.23. The van der Waals surface area contributed by atoms with Crippen LogP contribution in [0.5, 0.6) is 0 Å². The average Bonchev–Trinajstić information content (AvgIpc) is 3.38. The molecule has 14 heteroatoms. The maximum absolute atomic E-state index is 13.4. The monoisotopic (exact) mass is 586 g/mol. The van der Waals surface area contributed by atoms with Crippen molar-refractivity contribution < 1.29 is 27.6 Å². The predicted molar refractivity (Wildman–Crippen MR) is 140 cm³/mol. The first-order valence-electron chi connectivity index (χ1n) is 11.2. The number of nitrogens with two attached hydrogens (primary N) is 1. The number of rotatable bonds is 10. The number of aliphatic hydroxyl groups excluding tert-OH is 2. The van der Waals surface area contributed by atoms with Gasteiger partial charge in [-0.25, -0.2) is 15.1 Å². The molecule has 0 radical (unpaired) electrons. The van der Waals surface area contributed by atoms with E-state index in [0.717, 1.165) is 11.3 Å². The van der Waals surface area contributed by atoms with Crippen molar-refractivity contribution in [3.05, 3.63) is 73.8 Å². The Morgan fingerprint density at radius 3 is 2.81 bits per heavy atom. The number of anilines is 1. The summed E-state index contributed by atoms with van der Waals surface area (Å²) in [7, 11) is -4.12. The van der Waals surface area contributed by atoms with Crippen LogP contribution in [-0.2, 0) is 20.9 Å². The predicted octanol–water partition coefficient (Wildman–Crippen LogP) is 3.12. The number of carbonyl (C=O) groups excluding carboxylic acids is 1. The first kappa shape index (κ1) is 27.9. The lowest BCUT2D eigenvalue weighted by Gasteiger charge is -2.15. The lowest BCUT2D eigenvalue weighted by molar-refractivity contribution is 0.101. The van der Waals surface area contributed by atoms with Gasteiger partial charge in [-0.05, 0) is 42.2 Å². The summed E-state index contributed by atoms with van der Waals surface area (Å²) in [5.74, 6) is -0.539. The van der Waals surface area contributed by atoms with Crippen LogP contribution in [0, 0.1) is 5.92 Å². The molecule has 0 bridgehead atoms. The van der Waals surface area contributed by atoms with Gasteiger partial charge in [0.2, 0.25) is 5.78 Å². The van der Waals surface area contributed by atoms with Crippen molar-refractivity contribution in [3.63, 3.8) is 0 Å². The van der Waals surface area contributed by atoms with Crippen molar-refractivity contribution in [2.75, 3.05) is 11.9 Å². The summed E-state index contributed by atoms with van der Waals surface area (Å²) in [6.07, 6.45) is 1.88. The topological polar surface area (TPSA) is 165 Å². The van der Waals surface area contributed by atoms with Gasteiger partial charge in [-0.1, -0.05) is 35.3 Å². The van der Waals surface area contributed by atoms with Gasteiger partial charge >= 0.3 is 10.3 Å². The standard InChI is InChI=1S/C23H24Cl2N4O6S2/c24-15-3-1-2-12(4-15)18(30)6-13-7-20(36-22(13)25)21(32)17-9-27-11-28-23(17)29-16-5-14(19(31)8-16)10-35-37(26,33)34/h1-4,7,9,11,14,16,18-19,30-31H,5-6,8,10H2,(H2,26,33,34)(H,27,28,29)/t14-,16-,18?,19+/m1/s1. The molecule has 3 aromatic rings. The molecule has 1 fully saturated rings.